The van der Waals surface area contributed by atoms with E-state index in [2.05, 4.69) is 38.5 Å². The summed E-state index contributed by atoms with van der Waals surface area (Å²) in [4.78, 5) is 12.0. The fraction of sp³-hybridized carbons (Fsp3) is 0.217. The van der Waals surface area contributed by atoms with Gasteiger partial charge in [-0.2, -0.15) is 4.98 Å². The monoisotopic (exact) mass is 404 g/mol. The fourth-order valence-corrected chi connectivity index (χ4v) is 3.69. The number of hydrogen-bond donors (Lipinski definition) is 2. The predicted octanol–water partition coefficient (Wildman–Crippen LogP) is 4.23. The van der Waals surface area contributed by atoms with Gasteiger partial charge in [-0.05, 0) is 17.7 Å². The van der Waals surface area contributed by atoms with Gasteiger partial charge in [0.05, 0.1) is 21.3 Å². The molecule has 0 unspecified atom stereocenters. The summed E-state index contributed by atoms with van der Waals surface area (Å²) < 4.78 is 16.5. The number of para-hydroxylation sites is 2. The third-order valence-corrected chi connectivity index (χ3v) is 5.11. The molecular weight excluding hydrogens is 380 g/mol. The standard InChI is InChI=1S/C23H24N4O3/c1-28-20-10-6-8-16(22(20)30-3)18(14-26-23-24-12-11-21(27-23)29-2)17-13-25-19-9-5-4-7-15(17)19/h4-13,18,25H,14H2,1-3H3,(H,24,26,27)/t18-/m0/s1. The number of hydrogen-bond acceptors (Lipinski definition) is 6. The van der Waals surface area contributed by atoms with Crippen LogP contribution in [0.15, 0.2) is 60.9 Å². The molecule has 7 nitrogen and oxygen atoms in total. The zero-order valence-electron chi connectivity index (χ0n) is 17.2. The molecule has 0 aliphatic rings. The summed E-state index contributed by atoms with van der Waals surface area (Å²) in [7, 11) is 4.89. The molecule has 0 spiro atoms. The highest BCUT2D eigenvalue weighted by atomic mass is 16.5. The van der Waals surface area contributed by atoms with Crippen molar-refractivity contribution in [2.75, 3.05) is 33.2 Å². The van der Waals surface area contributed by atoms with Crippen LogP contribution in [0.2, 0.25) is 0 Å². The number of fused-ring (bicyclic) bond motifs is 1. The summed E-state index contributed by atoms with van der Waals surface area (Å²) in [6.45, 7) is 0.554. The van der Waals surface area contributed by atoms with Crippen LogP contribution in [0.1, 0.15) is 17.0 Å². The lowest BCUT2D eigenvalue weighted by molar-refractivity contribution is 0.350. The van der Waals surface area contributed by atoms with E-state index in [1.165, 1.54) is 0 Å². The molecule has 2 aromatic carbocycles. The lowest BCUT2D eigenvalue weighted by Crippen LogP contribution is -2.16. The molecule has 4 aromatic rings. The van der Waals surface area contributed by atoms with Crippen LogP contribution in [0, 0.1) is 0 Å². The molecule has 0 aliphatic heterocycles. The summed E-state index contributed by atoms with van der Waals surface area (Å²) in [6, 6.07) is 15.9. The smallest absolute Gasteiger partial charge is 0.225 e. The summed E-state index contributed by atoms with van der Waals surface area (Å²) in [5, 5.41) is 4.50. The van der Waals surface area contributed by atoms with Crippen molar-refractivity contribution in [1.82, 2.24) is 15.0 Å². The van der Waals surface area contributed by atoms with Gasteiger partial charge in [-0.3, -0.25) is 0 Å². The Kier molecular flexibility index (Phi) is 5.70. The second-order valence-electron chi connectivity index (χ2n) is 6.73. The van der Waals surface area contributed by atoms with Crippen molar-refractivity contribution in [3.8, 4) is 17.4 Å². The SMILES string of the molecule is COc1ccnc(NC[C@@H](c2cccc(OC)c2OC)c2c[nH]c3ccccc23)n1. The maximum absolute atomic E-state index is 5.73. The van der Waals surface area contributed by atoms with Gasteiger partial charge in [0.2, 0.25) is 11.8 Å². The van der Waals surface area contributed by atoms with Crippen LogP contribution >= 0.6 is 0 Å². The molecule has 7 heteroatoms. The molecule has 1 atom stereocenters. The second kappa shape index (κ2) is 8.73. The molecule has 2 aromatic heterocycles. The number of anilines is 1. The van der Waals surface area contributed by atoms with Crippen molar-refractivity contribution in [2.24, 2.45) is 0 Å². The van der Waals surface area contributed by atoms with Crippen LogP contribution in [0.3, 0.4) is 0 Å². The number of methoxy groups -OCH3 is 3. The van der Waals surface area contributed by atoms with Gasteiger partial charge in [0.25, 0.3) is 0 Å². The van der Waals surface area contributed by atoms with E-state index < -0.39 is 0 Å². The largest absolute Gasteiger partial charge is 0.493 e. The van der Waals surface area contributed by atoms with Crippen molar-refractivity contribution in [3.05, 3.63) is 72.1 Å². The van der Waals surface area contributed by atoms with Crippen LogP contribution in [-0.2, 0) is 0 Å². The van der Waals surface area contributed by atoms with Crippen molar-refractivity contribution >= 4 is 16.9 Å². The Labute approximate surface area is 175 Å². The van der Waals surface area contributed by atoms with E-state index >= 15 is 0 Å². The third kappa shape index (κ3) is 3.74. The number of rotatable bonds is 8. The second-order valence-corrected chi connectivity index (χ2v) is 6.73. The van der Waals surface area contributed by atoms with Gasteiger partial charge in [0.1, 0.15) is 0 Å². The molecule has 30 heavy (non-hydrogen) atoms. The highest BCUT2D eigenvalue weighted by Gasteiger charge is 2.24. The van der Waals surface area contributed by atoms with Crippen molar-refractivity contribution in [1.29, 1.82) is 0 Å². The molecule has 0 amide bonds. The Bertz CT molecular complexity index is 1140. The molecule has 0 aliphatic carbocycles. The van der Waals surface area contributed by atoms with Crippen molar-refractivity contribution in [2.45, 2.75) is 5.92 Å². The summed E-state index contributed by atoms with van der Waals surface area (Å²) in [5.41, 5.74) is 3.24. The van der Waals surface area contributed by atoms with Gasteiger partial charge in [-0.1, -0.05) is 30.3 Å². The number of aromatic nitrogens is 3. The first-order valence-electron chi connectivity index (χ1n) is 9.63. The van der Waals surface area contributed by atoms with E-state index in [9.17, 15) is 0 Å². The molecule has 2 N–H and O–H groups in total. The number of H-pyrrole nitrogens is 1. The van der Waals surface area contributed by atoms with Gasteiger partial charge < -0.3 is 24.5 Å². The average Bonchev–Trinajstić information content (AvgIpc) is 3.23. The highest BCUT2D eigenvalue weighted by Crippen LogP contribution is 2.40. The van der Waals surface area contributed by atoms with Crippen LogP contribution in [0.5, 0.6) is 17.4 Å². The van der Waals surface area contributed by atoms with Gasteiger partial charge in [-0.15, -0.1) is 0 Å². The number of ether oxygens (including phenoxy) is 3. The zero-order chi connectivity index (χ0) is 20.9. The maximum atomic E-state index is 5.73. The number of aromatic amines is 1. The van der Waals surface area contributed by atoms with Gasteiger partial charge in [0.15, 0.2) is 11.5 Å². The molecule has 2 heterocycles. The third-order valence-electron chi connectivity index (χ3n) is 5.11. The van der Waals surface area contributed by atoms with Crippen LogP contribution in [0.25, 0.3) is 10.9 Å². The van der Waals surface area contributed by atoms with E-state index in [0.29, 0.717) is 29.9 Å². The maximum Gasteiger partial charge on any atom is 0.225 e. The summed E-state index contributed by atoms with van der Waals surface area (Å²) >= 11 is 0. The summed E-state index contributed by atoms with van der Waals surface area (Å²) in [6.07, 6.45) is 3.71. The lowest BCUT2D eigenvalue weighted by atomic mass is 9.90. The Hall–Kier alpha value is -3.74. The van der Waals surface area contributed by atoms with E-state index in [-0.39, 0.29) is 5.92 Å². The van der Waals surface area contributed by atoms with Crippen LogP contribution in [-0.4, -0.2) is 42.8 Å². The zero-order valence-corrected chi connectivity index (χ0v) is 17.2. The molecule has 0 bridgehead atoms. The molecule has 0 saturated heterocycles. The Balaban J connectivity index is 1.77. The van der Waals surface area contributed by atoms with E-state index in [1.54, 1.807) is 33.6 Å². The Morgan fingerprint density at radius 2 is 1.80 bits per heavy atom. The first kappa shape index (κ1) is 19.6. The van der Waals surface area contributed by atoms with Crippen LogP contribution < -0.4 is 19.5 Å². The number of nitrogens with one attached hydrogen (secondary N) is 2. The normalized spacial score (nSPS) is 11.8. The molecule has 0 fully saturated rings. The molecule has 0 saturated carbocycles. The number of nitrogens with zero attached hydrogens (tertiary/aromatic N) is 2. The van der Waals surface area contributed by atoms with E-state index in [0.717, 1.165) is 22.0 Å². The lowest BCUT2D eigenvalue weighted by Gasteiger charge is -2.22. The Morgan fingerprint density at radius 1 is 0.933 bits per heavy atom. The number of benzene rings is 2. The van der Waals surface area contributed by atoms with Gasteiger partial charge >= 0.3 is 0 Å². The highest BCUT2D eigenvalue weighted by molar-refractivity contribution is 5.84. The predicted molar refractivity (Wildman–Crippen MR) is 117 cm³/mol. The quantitative estimate of drug-likeness (QED) is 0.457. The topological polar surface area (TPSA) is 81.3 Å². The minimum atomic E-state index is -0.0407. The minimum Gasteiger partial charge on any atom is -0.493 e. The minimum absolute atomic E-state index is 0.0407. The molecular formula is C23H24N4O3. The van der Waals surface area contributed by atoms with Crippen LogP contribution in [0.4, 0.5) is 5.95 Å². The molecule has 154 valence electrons. The van der Waals surface area contributed by atoms with Gasteiger partial charge in [-0.25, -0.2) is 4.98 Å². The van der Waals surface area contributed by atoms with E-state index in [1.807, 2.05) is 30.5 Å². The van der Waals surface area contributed by atoms with Crippen molar-refractivity contribution in [3.63, 3.8) is 0 Å². The van der Waals surface area contributed by atoms with E-state index in [4.69, 9.17) is 14.2 Å². The first-order chi connectivity index (χ1) is 14.7. The fourth-order valence-electron chi connectivity index (χ4n) is 3.69. The first-order valence-corrected chi connectivity index (χ1v) is 9.63. The average molecular weight is 404 g/mol. The summed E-state index contributed by atoms with van der Waals surface area (Å²) in [5.74, 6) is 2.37. The molecule has 0 radical (unpaired) electrons. The molecule has 4 rings (SSSR count). The Morgan fingerprint density at radius 3 is 2.60 bits per heavy atom. The van der Waals surface area contributed by atoms with Gasteiger partial charge in [0, 0.05) is 47.4 Å². The van der Waals surface area contributed by atoms with Crippen molar-refractivity contribution < 1.29 is 14.2 Å².